The second-order valence-corrected chi connectivity index (χ2v) is 5.18. The van der Waals surface area contributed by atoms with Crippen LogP contribution in [0.5, 0.6) is 0 Å². The van der Waals surface area contributed by atoms with E-state index < -0.39 is 0 Å². The van der Waals surface area contributed by atoms with Crippen molar-refractivity contribution in [2.75, 3.05) is 45.7 Å². The van der Waals surface area contributed by atoms with E-state index >= 15 is 0 Å². The van der Waals surface area contributed by atoms with E-state index in [4.69, 9.17) is 4.98 Å². The number of nitrogens with one attached hydrogen (secondary N) is 1. The average molecular weight is 264 g/mol. The fourth-order valence-electron chi connectivity index (χ4n) is 1.85. The van der Waals surface area contributed by atoms with E-state index in [1.54, 1.807) is 0 Å². The summed E-state index contributed by atoms with van der Waals surface area (Å²) in [6.07, 6.45) is 0.981. The van der Waals surface area contributed by atoms with Crippen molar-refractivity contribution in [1.82, 2.24) is 15.2 Å². The highest BCUT2D eigenvalue weighted by atomic mass is 15.2. The average Bonchev–Trinajstić information content (AvgIpc) is 2.41. The van der Waals surface area contributed by atoms with E-state index in [9.17, 15) is 0 Å². The number of aromatic nitrogens is 1. The summed E-state index contributed by atoms with van der Waals surface area (Å²) in [4.78, 5) is 9.14. The summed E-state index contributed by atoms with van der Waals surface area (Å²) in [5, 5.41) is 3.38. The Kier molecular flexibility index (Phi) is 6.81. The van der Waals surface area contributed by atoms with Gasteiger partial charge in [0.05, 0.1) is 0 Å². The molecule has 0 aliphatic carbocycles. The predicted octanol–water partition coefficient (Wildman–Crippen LogP) is 1.75. The van der Waals surface area contributed by atoms with Gasteiger partial charge >= 0.3 is 0 Å². The number of rotatable bonds is 8. The molecule has 0 unspecified atom stereocenters. The molecule has 108 valence electrons. The summed E-state index contributed by atoms with van der Waals surface area (Å²) in [6, 6.07) is 4.39. The topological polar surface area (TPSA) is 31.4 Å². The highest BCUT2D eigenvalue weighted by Crippen LogP contribution is 2.14. The molecule has 4 nitrogen and oxygen atoms in total. The number of aryl methyl sites for hydroxylation is 1. The second kappa shape index (κ2) is 8.12. The summed E-state index contributed by atoms with van der Waals surface area (Å²) in [6.45, 7) is 8.23. The van der Waals surface area contributed by atoms with E-state index in [-0.39, 0.29) is 0 Å². The van der Waals surface area contributed by atoms with Crippen molar-refractivity contribution in [2.45, 2.75) is 26.8 Å². The molecular formula is C15H28N4. The molecule has 0 amide bonds. The van der Waals surface area contributed by atoms with Gasteiger partial charge < -0.3 is 15.1 Å². The van der Waals surface area contributed by atoms with Crippen molar-refractivity contribution >= 4 is 5.82 Å². The molecule has 1 rings (SSSR count). The Morgan fingerprint density at radius 1 is 1.11 bits per heavy atom. The number of anilines is 1. The van der Waals surface area contributed by atoms with Gasteiger partial charge in [0.1, 0.15) is 5.82 Å². The molecule has 0 saturated carbocycles. The highest BCUT2D eigenvalue weighted by molar-refractivity contribution is 5.42. The first-order chi connectivity index (χ1) is 9.06. The minimum absolute atomic E-state index is 0.917. The molecule has 0 radical (unpaired) electrons. The van der Waals surface area contributed by atoms with Crippen LogP contribution in [0, 0.1) is 0 Å². The summed E-state index contributed by atoms with van der Waals surface area (Å²) in [5.74, 6) is 1.08. The molecule has 0 aliphatic rings. The molecule has 1 N–H and O–H groups in total. The van der Waals surface area contributed by atoms with Gasteiger partial charge in [0, 0.05) is 32.4 Å². The van der Waals surface area contributed by atoms with E-state index in [2.05, 4.69) is 62.2 Å². The minimum Gasteiger partial charge on any atom is -0.358 e. The van der Waals surface area contributed by atoms with Crippen molar-refractivity contribution < 1.29 is 0 Å². The van der Waals surface area contributed by atoms with E-state index in [0.717, 1.165) is 38.4 Å². The summed E-state index contributed by atoms with van der Waals surface area (Å²) >= 11 is 0. The highest BCUT2D eigenvalue weighted by Gasteiger charge is 2.06. The first kappa shape index (κ1) is 15.9. The van der Waals surface area contributed by atoms with Crippen LogP contribution in [0.1, 0.15) is 25.1 Å². The lowest BCUT2D eigenvalue weighted by Gasteiger charge is -2.22. The van der Waals surface area contributed by atoms with Gasteiger partial charge in [-0.25, -0.2) is 4.98 Å². The number of hydrogen-bond acceptors (Lipinski definition) is 4. The molecule has 1 heterocycles. The number of hydrogen-bond donors (Lipinski definition) is 1. The molecule has 19 heavy (non-hydrogen) atoms. The third kappa shape index (κ3) is 5.57. The molecule has 0 saturated heterocycles. The Labute approximate surface area is 117 Å². The largest absolute Gasteiger partial charge is 0.358 e. The van der Waals surface area contributed by atoms with Crippen molar-refractivity contribution in [3.8, 4) is 0 Å². The van der Waals surface area contributed by atoms with E-state index in [1.165, 1.54) is 11.3 Å². The predicted molar refractivity (Wildman–Crippen MR) is 82.8 cm³/mol. The van der Waals surface area contributed by atoms with Crippen LogP contribution in [-0.4, -0.2) is 50.7 Å². The zero-order valence-electron chi connectivity index (χ0n) is 13.0. The van der Waals surface area contributed by atoms with Gasteiger partial charge in [-0.15, -0.1) is 0 Å². The standard InChI is InChI=1S/C15H28N4/c1-6-14-10-13(12-16-7-2)11-15(17-14)19(5)9-8-18(3)4/h10-11,16H,6-9,12H2,1-5H3. The van der Waals surface area contributed by atoms with Crippen LogP contribution in [0.4, 0.5) is 5.82 Å². The normalized spacial score (nSPS) is 11.1. The van der Waals surface area contributed by atoms with Gasteiger partial charge in [-0.2, -0.15) is 0 Å². The Bertz CT molecular complexity index is 376. The smallest absolute Gasteiger partial charge is 0.128 e. The van der Waals surface area contributed by atoms with E-state index in [1.807, 2.05) is 0 Å². The molecule has 0 spiro atoms. The fourth-order valence-corrected chi connectivity index (χ4v) is 1.85. The van der Waals surface area contributed by atoms with Gasteiger partial charge in [0.2, 0.25) is 0 Å². The maximum Gasteiger partial charge on any atom is 0.128 e. The van der Waals surface area contributed by atoms with Gasteiger partial charge in [-0.05, 0) is 44.8 Å². The Hall–Kier alpha value is -1.13. The van der Waals surface area contributed by atoms with Gasteiger partial charge in [-0.3, -0.25) is 0 Å². The van der Waals surface area contributed by atoms with Crippen molar-refractivity contribution in [1.29, 1.82) is 0 Å². The third-order valence-electron chi connectivity index (χ3n) is 3.14. The molecule has 0 bridgehead atoms. The van der Waals surface area contributed by atoms with Crippen LogP contribution >= 0.6 is 0 Å². The van der Waals surface area contributed by atoms with Crippen LogP contribution in [0.3, 0.4) is 0 Å². The molecule has 0 atom stereocenters. The van der Waals surface area contributed by atoms with Crippen LogP contribution < -0.4 is 10.2 Å². The zero-order valence-corrected chi connectivity index (χ0v) is 13.0. The summed E-state index contributed by atoms with van der Waals surface area (Å²) in [7, 11) is 6.31. The molecule has 0 aromatic carbocycles. The fraction of sp³-hybridized carbons (Fsp3) is 0.667. The lowest BCUT2D eigenvalue weighted by atomic mass is 10.2. The lowest BCUT2D eigenvalue weighted by Crippen LogP contribution is -2.29. The Morgan fingerprint density at radius 2 is 1.84 bits per heavy atom. The zero-order chi connectivity index (χ0) is 14.3. The number of pyridine rings is 1. The van der Waals surface area contributed by atoms with Crippen LogP contribution in [0.25, 0.3) is 0 Å². The van der Waals surface area contributed by atoms with Crippen LogP contribution in [0.2, 0.25) is 0 Å². The maximum atomic E-state index is 4.72. The molecular weight excluding hydrogens is 236 g/mol. The van der Waals surface area contributed by atoms with Crippen LogP contribution in [0.15, 0.2) is 12.1 Å². The van der Waals surface area contributed by atoms with Crippen molar-refractivity contribution in [3.05, 3.63) is 23.4 Å². The molecule has 1 aromatic heterocycles. The lowest BCUT2D eigenvalue weighted by molar-refractivity contribution is 0.416. The van der Waals surface area contributed by atoms with Crippen molar-refractivity contribution in [3.63, 3.8) is 0 Å². The van der Waals surface area contributed by atoms with Crippen molar-refractivity contribution in [2.24, 2.45) is 0 Å². The first-order valence-corrected chi connectivity index (χ1v) is 7.13. The van der Waals surface area contributed by atoms with E-state index in [0.29, 0.717) is 0 Å². The molecule has 4 heteroatoms. The Balaban J connectivity index is 2.79. The van der Waals surface area contributed by atoms with Gasteiger partial charge in [0.25, 0.3) is 0 Å². The first-order valence-electron chi connectivity index (χ1n) is 7.13. The number of likely N-dealkylation sites (N-methyl/N-ethyl adjacent to an activating group) is 2. The quantitative estimate of drug-likeness (QED) is 0.775. The van der Waals surface area contributed by atoms with Crippen LogP contribution in [-0.2, 0) is 13.0 Å². The monoisotopic (exact) mass is 264 g/mol. The third-order valence-corrected chi connectivity index (χ3v) is 3.14. The van der Waals surface area contributed by atoms with Gasteiger partial charge in [-0.1, -0.05) is 13.8 Å². The maximum absolute atomic E-state index is 4.72. The minimum atomic E-state index is 0.917. The SMILES string of the molecule is CCNCc1cc(CC)nc(N(C)CCN(C)C)c1. The number of nitrogens with zero attached hydrogens (tertiary/aromatic N) is 3. The van der Waals surface area contributed by atoms with Gasteiger partial charge in [0.15, 0.2) is 0 Å². The molecule has 0 fully saturated rings. The molecule has 1 aromatic rings. The summed E-state index contributed by atoms with van der Waals surface area (Å²) < 4.78 is 0. The Morgan fingerprint density at radius 3 is 2.42 bits per heavy atom. The molecule has 0 aliphatic heterocycles. The summed E-state index contributed by atoms with van der Waals surface area (Å²) in [5.41, 5.74) is 2.49. The second-order valence-electron chi connectivity index (χ2n) is 5.18.